The minimum atomic E-state index is -0.564. The van der Waals surface area contributed by atoms with Crippen molar-refractivity contribution in [3.05, 3.63) is 63.7 Å². The lowest BCUT2D eigenvalue weighted by molar-refractivity contribution is -0.385. The zero-order valence-corrected chi connectivity index (χ0v) is 12.7. The van der Waals surface area contributed by atoms with Gasteiger partial charge < -0.3 is 14.7 Å². The van der Waals surface area contributed by atoms with Crippen molar-refractivity contribution in [1.29, 1.82) is 0 Å². The SMILES string of the molecule is CN(C)C(=O)c1cccc(Oc2cc(CO)ccc2[N+](=O)[O-])c1. The standard InChI is InChI=1S/C16H16N2O5/c1-17(2)16(20)12-4-3-5-13(9-12)23-15-8-11(10-19)6-7-14(15)18(21)22/h3-9,19H,10H2,1-2H3. The first kappa shape index (κ1) is 16.4. The molecule has 0 aliphatic carbocycles. The maximum absolute atomic E-state index is 12.0. The number of carbonyl (C=O) groups excluding carboxylic acids is 1. The van der Waals surface area contributed by atoms with Gasteiger partial charge in [-0.3, -0.25) is 14.9 Å². The molecule has 0 aromatic heterocycles. The fraction of sp³-hybridized carbons (Fsp3) is 0.188. The van der Waals surface area contributed by atoms with Crippen LogP contribution in [-0.2, 0) is 6.61 Å². The molecule has 0 bridgehead atoms. The first-order chi connectivity index (χ1) is 10.9. The Labute approximate surface area is 132 Å². The molecule has 7 heteroatoms. The third kappa shape index (κ3) is 3.83. The third-order valence-electron chi connectivity index (χ3n) is 3.12. The predicted octanol–water partition coefficient (Wildman–Crippen LogP) is 2.58. The second kappa shape index (κ2) is 6.89. The van der Waals surface area contributed by atoms with E-state index in [0.717, 1.165) is 0 Å². The average molecular weight is 316 g/mol. The summed E-state index contributed by atoms with van der Waals surface area (Å²) < 4.78 is 5.56. The molecule has 0 atom stereocenters. The van der Waals surface area contributed by atoms with E-state index in [0.29, 0.717) is 16.9 Å². The molecule has 23 heavy (non-hydrogen) atoms. The third-order valence-corrected chi connectivity index (χ3v) is 3.12. The van der Waals surface area contributed by atoms with Crippen molar-refractivity contribution in [3.63, 3.8) is 0 Å². The number of nitro benzene ring substituents is 1. The van der Waals surface area contributed by atoms with Gasteiger partial charge in [0.05, 0.1) is 11.5 Å². The molecule has 2 rings (SSSR count). The molecule has 0 aliphatic rings. The number of amides is 1. The highest BCUT2D eigenvalue weighted by atomic mass is 16.6. The van der Waals surface area contributed by atoms with Gasteiger partial charge in [-0.25, -0.2) is 0 Å². The van der Waals surface area contributed by atoms with E-state index in [1.54, 1.807) is 32.3 Å². The van der Waals surface area contributed by atoms with Crippen LogP contribution in [0.3, 0.4) is 0 Å². The highest BCUT2D eigenvalue weighted by molar-refractivity contribution is 5.94. The molecule has 1 amide bonds. The largest absolute Gasteiger partial charge is 0.450 e. The Morgan fingerprint density at radius 2 is 2.00 bits per heavy atom. The van der Waals surface area contributed by atoms with E-state index in [2.05, 4.69) is 0 Å². The zero-order valence-electron chi connectivity index (χ0n) is 12.7. The zero-order chi connectivity index (χ0) is 17.0. The summed E-state index contributed by atoms with van der Waals surface area (Å²) in [5.41, 5.74) is 0.686. The quantitative estimate of drug-likeness (QED) is 0.676. The number of nitrogens with zero attached hydrogens (tertiary/aromatic N) is 2. The molecular formula is C16H16N2O5. The van der Waals surface area contributed by atoms with Crippen LogP contribution in [0.1, 0.15) is 15.9 Å². The predicted molar refractivity (Wildman–Crippen MR) is 83.6 cm³/mol. The van der Waals surface area contributed by atoms with E-state index < -0.39 is 4.92 Å². The molecule has 0 unspecified atom stereocenters. The van der Waals surface area contributed by atoms with Gasteiger partial charge in [0.2, 0.25) is 5.75 Å². The van der Waals surface area contributed by atoms with Gasteiger partial charge in [0.1, 0.15) is 5.75 Å². The van der Waals surface area contributed by atoms with Crippen molar-refractivity contribution in [3.8, 4) is 11.5 Å². The van der Waals surface area contributed by atoms with Crippen molar-refractivity contribution >= 4 is 11.6 Å². The minimum Gasteiger partial charge on any atom is -0.450 e. The lowest BCUT2D eigenvalue weighted by atomic mass is 10.2. The maximum Gasteiger partial charge on any atom is 0.311 e. The Balaban J connectivity index is 2.37. The Hall–Kier alpha value is -2.93. The van der Waals surface area contributed by atoms with Gasteiger partial charge in [-0.05, 0) is 35.9 Å². The number of aliphatic hydroxyl groups excluding tert-OH is 1. The van der Waals surface area contributed by atoms with Gasteiger partial charge >= 0.3 is 5.69 Å². The Kier molecular flexibility index (Phi) is 4.92. The number of carbonyl (C=O) groups is 1. The number of aliphatic hydroxyl groups is 1. The van der Waals surface area contributed by atoms with Crippen LogP contribution in [0.15, 0.2) is 42.5 Å². The molecule has 0 fully saturated rings. The fourth-order valence-electron chi connectivity index (χ4n) is 1.97. The molecular weight excluding hydrogens is 300 g/mol. The summed E-state index contributed by atoms with van der Waals surface area (Å²) in [7, 11) is 3.26. The molecule has 0 saturated heterocycles. The van der Waals surface area contributed by atoms with Gasteiger partial charge in [0.15, 0.2) is 0 Å². The minimum absolute atomic E-state index is 0.0102. The molecule has 1 N–H and O–H groups in total. The van der Waals surface area contributed by atoms with Crippen molar-refractivity contribution in [2.45, 2.75) is 6.61 Å². The summed E-state index contributed by atoms with van der Waals surface area (Å²) >= 11 is 0. The second-order valence-corrected chi connectivity index (χ2v) is 5.05. The highest BCUT2D eigenvalue weighted by Gasteiger charge is 2.17. The summed E-state index contributed by atoms with van der Waals surface area (Å²) in [6.07, 6.45) is 0. The normalized spacial score (nSPS) is 10.2. The Morgan fingerprint density at radius 3 is 2.61 bits per heavy atom. The topological polar surface area (TPSA) is 92.9 Å². The van der Waals surface area contributed by atoms with E-state index in [1.807, 2.05) is 0 Å². The molecule has 0 aliphatic heterocycles. The van der Waals surface area contributed by atoms with Crippen LogP contribution >= 0.6 is 0 Å². The van der Waals surface area contributed by atoms with E-state index in [-0.39, 0.29) is 24.0 Å². The number of nitro groups is 1. The number of benzene rings is 2. The number of hydrogen-bond acceptors (Lipinski definition) is 5. The second-order valence-electron chi connectivity index (χ2n) is 5.05. The van der Waals surface area contributed by atoms with Crippen molar-refractivity contribution in [1.82, 2.24) is 4.90 Å². The van der Waals surface area contributed by atoms with Crippen molar-refractivity contribution in [2.75, 3.05) is 14.1 Å². The van der Waals surface area contributed by atoms with E-state index >= 15 is 0 Å². The van der Waals surface area contributed by atoms with Crippen molar-refractivity contribution in [2.24, 2.45) is 0 Å². The van der Waals surface area contributed by atoms with Crippen LogP contribution < -0.4 is 4.74 Å². The summed E-state index contributed by atoms with van der Waals surface area (Å²) in [6, 6.07) is 10.5. The Morgan fingerprint density at radius 1 is 1.26 bits per heavy atom. The summed E-state index contributed by atoms with van der Waals surface area (Å²) in [5, 5.41) is 20.2. The first-order valence-electron chi connectivity index (χ1n) is 6.80. The Bertz CT molecular complexity index is 743. The maximum atomic E-state index is 12.0. The average Bonchev–Trinajstić information content (AvgIpc) is 2.53. The monoisotopic (exact) mass is 316 g/mol. The van der Waals surface area contributed by atoms with Gasteiger partial charge in [-0.1, -0.05) is 6.07 Å². The van der Waals surface area contributed by atoms with Crippen LogP contribution in [0.5, 0.6) is 11.5 Å². The summed E-state index contributed by atoms with van der Waals surface area (Å²) in [4.78, 5) is 23.9. The van der Waals surface area contributed by atoms with E-state index in [9.17, 15) is 14.9 Å². The van der Waals surface area contributed by atoms with Gasteiger partial charge in [0, 0.05) is 25.7 Å². The van der Waals surface area contributed by atoms with Gasteiger partial charge in [-0.2, -0.15) is 0 Å². The molecule has 0 heterocycles. The fourth-order valence-corrected chi connectivity index (χ4v) is 1.97. The van der Waals surface area contributed by atoms with Crippen LogP contribution in [0, 0.1) is 10.1 Å². The van der Waals surface area contributed by atoms with Crippen molar-refractivity contribution < 1.29 is 19.6 Å². The van der Waals surface area contributed by atoms with Crippen LogP contribution in [0.4, 0.5) is 5.69 Å². The van der Waals surface area contributed by atoms with Gasteiger partial charge in [-0.15, -0.1) is 0 Å². The van der Waals surface area contributed by atoms with E-state index in [1.165, 1.54) is 29.2 Å². The molecule has 2 aromatic carbocycles. The molecule has 0 saturated carbocycles. The first-order valence-corrected chi connectivity index (χ1v) is 6.80. The number of ether oxygens (including phenoxy) is 1. The van der Waals surface area contributed by atoms with Crippen LogP contribution in [0.25, 0.3) is 0 Å². The summed E-state index contributed by atoms with van der Waals surface area (Å²) in [5.74, 6) is 0.112. The highest BCUT2D eigenvalue weighted by Crippen LogP contribution is 2.32. The van der Waals surface area contributed by atoms with Crippen LogP contribution in [-0.4, -0.2) is 34.9 Å². The lowest BCUT2D eigenvalue weighted by Gasteiger charge is -2.12. The molecule has 0 radical (unpaired) electrons. The number of rotatable bonds is 5. The lowest BCUT2D eigenvalue weighted by Crippen LogP contribution is -2.21. The number of hydrogen-bond donors (Lipinski definition) is 1. The molecule has 7 nitrogen and oxygen atoms in total. The summed E-state index contributed by atoms with van der Waals surface area (Å²) in [6.45, 7) is -0.256. The van der Waals surface area contributed by atoms with E-state index in [4.69, 9.17) is 9.84 Å². The van der Waals surface area contributed by atoms with Gasteiger partial charge in [0.25, 0.3) is 5.91 Å². The smallest absolute Gasteiger partial charge is 0.311 e. The van der Waals surface area contributed by atoms with Crippen LogP contribution in [0.2, 0.25) is 0 Å². The molecule has 120 valence electrons. The molecule has 0 spiro atoms. The molecule has 2 aromatic rings.